The first kappa shape index (κ1) is 18.1. The molecule has 0 saturated heterocycles. The van der Waals surface area contributed by atoms with Crippen LogP contribution in [0.1, 0.15) is 31.7 Å². The molecule has 0 unspecified atom stereocenters. The van der Waals surface area contributed by atoms with Gasteiger partial charge in [-0.05, 0) is 38.4 Å². The molecule has 0 aromatic heterocycles. The summed E-state index contributed by atoms with van der Waals surface area (Å²) >= 11 is 0. The topological polar surface area (TPSA) is 49.4 Å². The van der Waals surface area contributed by atoms with Gasteiger partial charge in [0.25, 0.3) is 0 Å². The van der Waals surface area contributed by atoms with Gasteiger partial charge in [-0.15, -0.1) is 0 Å². The molecule has 0 atom stereocenters. The van der Waals surface area contributed by atoms with Crippen molar-refractivity contribution < 1.29 is 12.8 Å². The second-order valence-electron chi connectivity index (χ2n) is 5.12. The molecule has 6 heteroatoms. The van der Waals surface area contributed by atoms with Crippen LogP contribution < -0.4 is 5.32 Å². The first-order valence-electron chi connectivity index (χ1n) is 7.35. The van der Waals surface area contributed by atoms with Crippen molar-refractivity contribution in [1.29, 1.82) is 0 Å². The lowest BCUT2D eigenvalue weighted by atomic mass is 10.2. The maximum atomic E-state index is 13.5. The number of halogens is 1. The van der Waals surface area contributed by atoms with Crippen molar-refractivity contribution in [2.75, 3.05) is 25.9 Å². The Morgan fingerprint density at radius 2 is 1.90 bits per heavy atom. The average Bonchev–Trinajstić information content (AvgIpc) is 2.45. The molecule has 120 valence electrons. The van der Waals surface area contributed by atoms with E-state index in [0.29, 0.717) is 12.0 Å². The first-order valence-corrected chi connectivity index (χ1v) is 8.96. The lowest BCUT2D eigenvalue weighted by Crippen LogP contribution is -2.29. The van der Waals surface area contributed by atoms with E-state index in [1.807, 2.05) is 0 Å². The quantitative estimate of drug-likeness (QED) is 0.674. The van der Waals surface area contributed by atoms with Crippen molar-refractivity contribution in [1.82, 2.24) is 9.62 Å². The summed E-state index contributed by atoms with van der Waals surface area (Å²) in [7, 11) is -1.83. The Morgan fingerprint density at radius 1 is 1.19 bits per heavy atom. The van der Waals surface area contributed by atoms with Crippen molar-refractivity contribution >= 4 is 10.0 Å². The van der Waals surface area contributed by atoms with E-state index >= 15 is 0 Å². The summed E-state index contributed by atoms with van der Waals surface area (Å²) < 4.78 is 39.0. The zero-order valence-electron chi connectivity index (χ0n) is 12.8. The summed E-state index contributed by atoms with van der Waals surface area (Å²) in [5.74, 6) is -0.269. The number of hydrogen-bond acceptors (Lipinski definition) is 3. The Hall–Kier alpha value is -0.980. The minimum atomic E-state index is -3.33. The fourth-order valence-electron chi connectivity index (χ4n) is 1.96. The summed E-state index contributed by atoms with van der Waals surface area (Å²) in [5.41, 5.74) is 0.396. The van der Waals surface area contributed by atoms with Crippen LogP contribution in [0.3, 0.4) is 0 Å². The smallest absolute Gasteiger partial charge is 0.214 e. The monoisotopic (exact) mass is 316 g/mol. The van der Waals surface area contributed by atoms with Crippen LogP contribution in [0.2, 0.25) is 0 Å². The zero-order chi connectivity index (χ0) is 15.7. The number of sulfonamides is 1. The highest BCUT2D eigenvalue weighted by Gasteiger charge is 2.18. The van der Waals surface area contributed by atoms with Crippen LogP contribution in [0.25, 0.3) is 0 Å². The van der Waals surface area contributed by atoms with Crippen molar-refractivity contribution in [3.8, 4) is 0 Å². The van der Waals surface area contributed by atoms with Gasteiger partial charge >= 0.3 is 0 Å². The molecule has 0 saturated carbocycles. The Morgan fingerprint density at radius 3 is 2.57 bits per heavy atom. The zero-order valence-corrected chi connectivity index (χ0v) is 13.6. The van der Waals surface area contributed by atoms with E-state index in [1.54, 1.807) is 18.2 Å². The molecule has 1 aromatic carbocycles. The van der Waals surface area contributed by atoms with E-state index in [0.717, 1.165) is 25.9 Å². The Kier molecular flexibility index (Phi) is 7.85. The third-order valence-electron chi connectivity index (χ3n) is 3.26. The molecule has 1 rings (SSSR count). The molecule has 0 aliphatic heterocycles. The Labute approximate surface area is 127 Å². The van der Waals surface area contributed by atoms with Crippen molar-refractivity contribution in [2.24, 2.45) is 0 Å². The maximum absolute atomic E-state index is 13.5. The molecule has 0 fully saturated rings. The highest BCUT2D eigenvalue weighted by Crippen LogP contribution is 2.12. The fraction of sp³-hybridized carbons (Fsp3) is 0.600. The number of hydrogen-bond donors (Lipinski definition) is 1. The van der Waals surface area contributed by atoms with E-state index in [2.05, 4.69) is 12.2 Å². The van der Waals surface area contributed by atoms with Gasteiger partial charge in [0, 0.05) is 19.2 Å². The SMILES string of the molecule is CCCNCCCCS(=O)(=O)N(C)Cc1ccccc1F. The van der Waals surface area contributed by atoms with Gasteiger partial charge in [-0.25, -0.2) is 17.1 Å². The molecule has 0 aliphatic rings. The van der Waals surface area contributed by atoms with Crippen LogP contribution >= 0.6 is 0 Å². The van der Waals surface area contributed by atoms with Gasteiger partial charge in [-0.1, -0.05) is 25.1 Å². The molecule has 0 heterocycles. The van der Waals surface area contributed by atoms with Gasteiger partial charge in [0.1, 0.15) is 5.82 Å². The molecule has 0 radical (unpaired) electrons. The van der Waals surface area contributed by atoms with Crippen LogP contribution in [-0.4, -0.2) is 38.6 Å². The van der Waals surface area contributed by atoms with Gasteiger partial charge < -0.3 is 5.32 Å². The first-order chi connectivity index (χ1) is 9.97. The summed E-state index contributed by atoms with van der Waals surface area (Å²) in [4.78, 5) is 0. The normalized spacial score (nSPS) is 12.0. The van der Waals surface area contributed by atoms with Crippen LogP contribution in [0.5, 0.6) is 0 Å². The van der Waals surface area contributed by atoms with E-state index in [-0.39, 0.29) is 18.1 Å². The maximum Gasteiger partial charge on any atom is 0.214 e. The van der Waals surface area contributed by atoms with Gasteiger partial charge in [0.15, 0.2) is 0 Å². The van der Waals surface area contributed by atoms with Crippen LogP contribution in [0.15, 0.2) is 24.3 Å². The minimum absolute atomic E-state index is 0.0725. The Bertz CT molecular complexity index is 520. The molecule has 1 N–H and O–H groups in total. The van der Waals surface area contributed by atoms with Crippen LogP contribution in [0, 0.1) is 5.82 Å². The molecule has 0 spiro atoms. The lowest BCUT2D eigenvalue weighted by molar-refractivity contribution is 0.454. The third kappa shape index (κ3) is 6.54. The van der Waals surface area contributed by atoms with Gasteiger partial charge in [-0.3, -0.25) is 0 Å². The number of benzene rings is 1. The highest BCUT2D eigenvalue weighted by molar-refractivity contribution is 7.89. The molecule has 4 nitrogen and oxygen atoms in total. The molecular formula is C15H25FN2O2S. The third-order valence-corrected chi connectivity index (χ3v) is 5.14. The summed E-state index contributed by atoms with van der Waals surface area (Å²) in [6.07, 6.45) is 2.51. The predicted octanol–water partition coefficient (Wildman–Crippen LogP) is 2.37. The van der Waals surface area contributed by atoms with Crippen molar-refractivity contribution in [3.63, 3.8) is 0 Å². The summed E-state index contributed by atoms with van der Waals surface area (Å²) in [6.45, 7) is 3.96. The molecule has 0 amide bonds. The summed E-state index contributed by atoms with van der Waals surface area (Å²) in [6, 6.07) is 6.25. The molecule has 1 aromatic rings. The van der Waals surface area contributed by atoms with Crippen molar-refractivity contribution in [2.45, 2.75) is 32.7 Å². The lowest BCUT2D eigenvalue weighted by Gasteiger charge is -2.17. The predicted molar refractivity (Wildman–Crippen MR) is 84.0 cm³/mol. The fourth-order valence-corrected chi connectivity index (χ4v) is 3.17. The van der Waals surface area contributed by atoms with E-state index in [4.69, 9.17) is 0 Å². The van der Waals surface area contributed by atoms with E-state index in [1.165, 1.54) is 17.4 Å². The molecule has 0 aliphatic carbocycles. The van der Waals surface area contributed by atoms with Gasteiger partial charge in [0.2, 0.25) is 10.0 Å². The number of unbranched alkanes of at least 4 members (excludes halogenated alkanes) is 1. The number of nitrogens with zero attached hydrogens (tertiary/aromatic N) is 1. The molecular weight excluding hydrogens is 291 g/mol. The summed E-state index contributed by atoms with van der Waals surface area (Å²) in [5, 5.41) is 3.24. The second kappa shape index (κ2) is 9.12. The molecule has 21 heavy (non-hydrogen) atoms. The molecule has 0 bridgehead atoms. The van der Waals surface area contributed by atoms with Crippen molar-refractivity contribution in [3.05, 3.63) is 35.6 Å². The number of rotatable bonds is 10. The largest absolute Gasteiger partial charge is 0.317 e. The standard InChI is InChI=1S/C15H25FN2O2S/c1-3-10-17-11-6-7-12-21(19,20)18(2)13-14-8-4-5-9-15(14)16/h4-5,8-9,17H,3,6-7,10-13H2,1-2H3. The highest BCUT2D eigenvalue weighted by atomic mass is 32.2. The minimum Gasteiger partial charge on any atom is -0.317 e. The average molecular weight is 316 g/mol. The Balaban J connectivity index is 2.41. The van der Waals surface area contributed by atoms with Gasteiger partial charge in [0.05, 0.1) is 5.75 Å². The van der Waals surface area contributed by atoms with E-state index in [9.17, 15) is 12.8 Å². The second-order valence-corrected chi connectivity index (χ2v) is 7.32. The number of nitrogens with one attached hydrogen (secondary N) is 1. The van der Waals surface area contributed by atoms with Crippen LogP contribution in [0.4, 0.5) is 4.39 Å². The van der Waals surface area contributed by atoms with Gasteiger partial charge in [-0.2, -0.15) is 0 Å². The van der Waals surface area contributed by atoms with E-state index < -0.39 is 10.0 Å². The van der Waals surface area contributed by atoms with Crippen LogP contribution in [-0.2, 0) is 16.6 Å².